The average molecular weight is 456 g/mol. The highest BCUT2D eigenvalue weighted by Gasteiger charge is 2.25. The molecule has 0 amide bonds. The highest BCUT2D eigenvalue weighted by molar-refractivity contribution is 6.21. The van der Waals surface area contributed by atoms with Crippen molar-refractivity contribution >= 4 is 21.5 Å². The molecule has 0 spiro atoms. The Balaban J connectivity index is 2.10. The summed E-state index contributed by atoms with van der Waals surface area (Å²) in [6.07, 6.45) is 0. The zero-order valence-corrected chi connectivity index (χ0v) is 16.5. The monoisotopic (exact) mass is 456 g/mol. The van der Waals surface area contributed by atoms with E-state index in [9.17, 15) is 22.0 Å². The molecular weight excluding hydrogens is 445 g/mol. The van der Waals surface area contributed by atoms with E-state index in [4.69, 9.17) is 0 Å². The van der Waals surface area contributed by atoms with Crippen molar-refractivity contribution < 1.29 is 30.7 Å². The van der Waals surface area contributed by atoms with E-state index < -0.39 is 51.5 Å². The van der Waals surface area contributed by atoms with Crippen molar-refractivity contribution in [3.8, 4) is 22.3 Å². The minimum Gasteiger partial charge on any atom is -0.207 e. The van der Waals surface area contributed by atoms with E-state index in [1.165, 1.54) is 6.07 Å². The van der Waals surface area contributed by atoms with Crippen LogP contribution in [0.2, 0.25) is 0 Å². The van der Waals surface area contributed by atoms with Crippen LogP contribution in [-0.4, -0.2) is 0 Å². The molecule has 0 nitrogen and oxygen atoms in total. The van der Waals surface area contributed by atoms with Crippen LogP contribution in [0.25, 0.3) is 43.8 Å². The third-order valence-electron chi connectivity index (χ3n) is 5.52. The highest BCUT2D eigenvalue weighted by atomic mass is 19.2. The van der Waals surface area contributed by atoms with Crippen LogP contribution in [0.5, 0.6) is 0 Å². The van der Waals surface area contributed by atoms with Gasteiger partial charge >= 0.3 is 0 Å². The Bertz CT molecular complexity index is 1590. The van der Waals surface area contributed by atoms with E-state index in [2.05, 4.69) is 0 Å². The number of benzene rings is 5. The van der Waals surface area contributed by atoms with Gasteiger partial charge in [-0.2, -0.15) is 0 Å². The first-order valence-corrected chi connectivity index (χ1v) is 9.70. The molecule has 0 saturated carbocycles. The summed E-state index contributed by atoms with van der Waals surface area (Å²) < 4.78 is 101. The molecule has 5 aromatic carbocycles. The standard InChI is InChI=1S/C26H11F7/c27-12-1-4-15-18(9-12)24(17-6-3-14(29)11-22(17)33)26-20(31)8-7-19(30)25(26)23(15)16-5-2-13(28)10-21(16)32/h1-11H. The molecule has 0 heterocycles. The van der Waals surface area contributed by atoms with E-state index in [0.717, 1.165) is 48.5 Å². The number of hydrogen-bond acceptors (Lipinski definition) is 0. The molecule has 0 saturated heterocycles. The maximum Gasteiger partial charge on any atom is 0.133 e. The molecule has 5 rings (SSSR count). The fraction of sp³-hybridized carbons (Fsp3) is 0. The molecule has 0 atom stereocenters. The highest BCUT2D eigenvalue weighted by Crippen LogP contribution is 2.46. The van der Waals surface area contributed by atoms with Gasteiger partial charge in [-0.3, -0.25) is 0 Å². The van der Waals surface area contributed by atoms with Crippen molar-refractivity contribution in [3.05, 3.63) is 107 Å². The van der Waals surface area contributed by atoms with Gasteiger partial charge in [-0.15, -0.1) is 0 Å². The summed E-state index contributed by atoms with van der Waals surface area (Å²) in [5.41, 5.74) is -0.928. The Morgan fingerprint density at radius 1 is 0.364 bits per heavy atom. The van der Waals surface area contributed by atoms with E-state index in [0.29, 0.717) is 12.1 Å². The smallest absolute Gasteiger partial charge is 0.133 e. The fourth-order valence-corrected chi connectivity index (χ4v) is 4.20. The Kier molecular flexibility index (Phi) is 4.85. The van der Waals surface area contributed by atoms with Crippen LogP contribution in [-0.2, 0) is 0 Å². The SMILES string of the molecule is Fc1ccc(-c2c3ccc(F)cc3c(-c3ccc(F)cc3F)c3c(F)ccc(F)c23)c(F)c1. The predicted octanol–water partition coefficient (Wildman–Crippen LogP) is 8.30. The Hall–Kier alpha value is -3.87. The van der Waals surface area contributed by atoms with Gasteiger partial charge in [0, 0.05) is 45.2 Å². The van der Waals surface area contributed by atoms with Crippen molar-refractivity contribution in [3.63, 3.8) is 0 Å². The molecule has 164 valence electrons. The van der Waals surface area contributed by atoms with Gasteiger partial charge in [0.25, 0.3) is 0 Å². The molecule has 0 aliphatic carbocycles. The van der Waals surface area contributed by atoms with Crippen LogP contribution in [0.1, 0.15) is 0 Å². The molecule has 0 aromatic heterocycles. The largest absolute Gasteiger partial charge is 0.207 e. The Morgan fingerprint density at radius 2 is 0.788 bits per heavy atom. The predicted molar refractivity (Wildman–Crippen MR) is 112 cm³/mol. The van der Waals surface area contributed by atoms with Gasteiger partial charge in [-0.05, 0) is 59.3 Å². The van der Waals surface area contributed by atoms with Crippen molar-refractivity contribution in [1.29, 1.82) is 0 Å². The van der Waals surface area contributed by atoms with Gasteiger partial charge in [-0.1, -0.05) is 6.07 Å². The molecule has 0 fully saturated rings. The lowest BCUT2D eigenvalue weighted by molar-refractivity contribution is 0.584. The van der Waals surface area contributed by atoms with Crippen LogP contribution in [0.15, 0.2) is 66.7 Å². The molecule has 0 unspecified atom stereocenters. The summed E-state index contributed by atoms with van der Waals surface area (Å²) in [6, 6.07) is 9.97. The van der Waals surface area contributed by atoms with Crippen LogP contribution >= 0.6 is 0 Å². The summed E-state index contributed by atoms with van der Waals surface area (Å²) in [5.74, 6) is -6.62. The molecule has 5 aromatic rings. The van der Waals surface area contributed by atoms with Crippen molar-refractivity contribution in [2.75, 3.05) is 0 Å². The van der Waals surface area contributed by atoms with Gasteiger partial charge in [0.1, 0.15) is 40.7 Å². The summed E-state index contributed by atoms with van der Waals surface area (Å²) in [6.45, 7) is 0. The van der Waals surface area contributed by atoms with Gasteiger partial charge in [-0.25, -0.2) is 30.7 Å². The van der Waals surface area contributed by atoms with Crippen LogP contribution < -0.4 is 0 Å². The quantitative estimate of drug-likeness (QED) is 0.185. The van der Waals surface area contributed by atoms with E-state index in [1.54, 1.807) is 0 Å². The van der Waals surface area contributed by atoms with Crippen LogP contribution in [0, 0.1) is 40.7 Å². The summed E-state index contributed by atoms with van der Waals surface area (Å²) in [4.78, 5) is 0. The third kappa shape index (κ3) is 3.31. The summed E-state index contributed by atoms with van der Waals surface area (Å²) in [5, 5.41) is -0.843. The molecule has 0 bridgehead atoms. The average Bonchev–Trinajstić information content (AvgIpc) is 2.76. The molecular formula is C26H11F7. The van der Waals surface area contributed by atoms with Gasteiger partial charge in [0.15, 0.2) is 0 Å². The summed E-state index contributed by atoms with van der Waals surface area (Å²) in [7, 11) is 0. The first kappa shape index (κ1) is 21.0. The Labute approximate surface area is 182 Å². The van der Waals surface area contributed by atoms with Crippen molar-refractivity contribution in [2.24, 2.45) is 0 Å². The normalized spacial score (nSPS) is 11.5. The lowest BCUT2D eigenvalue weighted by Gasteiger charge is -2.19. The van der Waals surface area contributed by atoms with E-state index >= 15 is 8.78 Å². The zero-order chi connectivity index (χ0) is 23.4. The van der Waals surface area contributed by atoms with E-state index in [1.807, 2.05) is 0 Å². The topological polar surface area (TPSA) is 0 Å². The molecule has 0 N–H and O–H groups in total. The van der Waals surface area contributed by atoms with Crippen molar-refractivity contribution in [1.82, 2.24) is 0 Å². The number of rotatable bonds is 2. The fourth-order valence-electron chi connectivity index (χ4n) is 4.20. The van der Waals surface area contributed by atoms with Crippen LogP contribution in [0.3, 0.4) is 0 Å². The molecule has 0 aliphatic rings. The second kappa shape index (κ2) is 7.62. The Morgan fingerprint density at radius 3 is 1.27 bits per heavy atom. The molecule has 7 heteroatoms. The van der Waals surface area contributed by atoms with Crippen molar-refractivity contribution in [2.45, 2.75) is 0 Å². The van der Waals surface area contributed by atoms with Crippen LogP contribution in [0.4, 0.5) is 30.7 Å². The second-order valence-electron chi connectivity index (χ2n) is 7.47. The molecule has 0 aliphatic heterocycles. The lowest BCUT2D eigenvalue weighted by atomic mass is 9.85. The van der Waals surface area contributed by atoms with Gasteiger partial charge in [0.2, 0.25) is 0 Å². The zero-order valence-electron chi connectivity index (χ0n) is 16.5. The maximum atomic E-state index is 15.2. The first-order valence-electron chi connectivity index (χ1n) is 9.70. The van der Waals surface area contributed by atoms with Gasteiger partial charge in [0.05, 0.1) is 0 Å². The minimum absolute atomic E-state index is 0.0590. The maximum absolute atomic E-state index is 15.2. The lowest BCUT2D eigenvalue weighted by Crippen LogP contribution is -1.99. The van der Waals surface area contributed by atoms with Gasteiger partial charge < -0.3 is 0 Å². The molecule has 33 heavy (non-hydrogen) atoms. The molecule has 0 radical (unpaired) electrons. The van der Waals surface area contributed by atoms with E-state index in [-0.39, 0.29) is 33.0 Å². The second-order valence-corrected chi connectivity index (χ2v) is 7.47. The third-order valence-corrected chi connectivity index (χ3v) is 5.52. The summed E-state index contributed by atoms with van der Waals surface area (Å²) >= 11 is 0. The number of fused-ring (bicyclic) bond motifs is 2. The number of halogens is 7. The number of hydrogen-bond donors (Lipinski definition) is 0. The minimum atomic E-state index is -1.08. The first-order chi connectivity index (χ1) is 15.8.